The number of aryl methyl sites for hydroxylation is 1. The third-order valence-corrected chi connectivity index (χ3v) is 3.26. The number of anilines is 2. The molecule has 0 bridgehead atoms. The van der Waals surface area contributed by atoms with Gasteiger partial charge in [-0.15, -0.1) is 12.6 Å². The maximum Gasteiger partial charge on any atom is 0.269 e. The van der Waals surface area contributed by atoms with Crippen molar-refractivity contribution in [2.75, 3.05) is 10.6 Å². The number of nitrogens with one attached hydrogen (secondary N) is 2. The lowest BCUT2D eigenvalue weighted by Gasteiger charge is -2.09. The molecule has 2 N–H and O–H groups in total. The molecule has 0 atom stereocenters. The number of rotatable bonds is 4. The number of benzene rings is 2. The van der Waals surface area contributed by atoms with Gasteiger partial charge in [-0.2, -0.15) is 5.26 Å². The van der Waals surface area contributed by atoms with Gasteiger partial charge >= 0.3 is 0 Å². The van der Waals surface area contributed by atoms with Crippen molar-refractivity contribution in [2.24, 2.45) is 0 Å². The van der Waals surface area contributed by atoms with Crippen molar-refractivity contribution in [2.45, 2.75) is 6.92 Å². The Kier molecular flexibility index (Phi) is 5.23. The summed E-state index contributed by atoms with van der Waals surface area (Å²) in [4.78, 5) is 12.2. The molecule has 22 heavy (non-hydrogen) atoms. The Bertz CT molecular complexity index is 731. The predicted octanol–water partition coefficient (Wildman–Crippen LogP) is 3.71. The highest BCUT2D eigenvalue weighted by Gasteiger charge is 2.14. The summed E-state index contributed by atoms with van der Waals surface area (Å²) in [5.41, 5.74) is 2.40. The molecule has 0 radical (unpaired) electrons. The van der Waals surface area contributed by atoms with Crippen molar-refractivity contribution in [1.82, 2.24) is 0 Å². The van der Waals surface area contributed by atoms with Crippen LogP contribution in [-0.2, 0) is 4.79 Å². The lowest BCUT2D eigenvalue weighted by molar-refractivity contribution is -0.112. The number of nitriles is 1. The van der Waals surface area contributed by atoms with E-state index in [4.69, 9.17) is 0 Å². The zero-order chi connectivity index (χ0) is 15.9. The van der Waals surface area contributed by atoms with Gasteiger partial charge in [-0.05, 0) is 31.2 Å². The average molecular weight is 309 g/mol. The number of carbonyl (C=O) groups excluding carboxylic acids is 1. The van der Waals surface area contributed by atoms with Crippen LogP contribution in [0.3, 0.4) is 0 Å². The summed E-state index contributed by atoms with van der Waals surface area (Å²) < 4.78 is 0. The summed E-state index contributed by atoms with van der Waals surface area (Å²) in [6.07, 6.45) is 0. The molecule has 2 aromatic rings. The van der Waals surface area contributed by atoms with E-state index >= 15 is 0 Å². The Morgan fingerprint density at radius 3 is 2.18 bits per heavy atom. The van der Waals surface area contributed by atoms with E-state index in [1.165, 1.54) is 0 Å². The van der Waals surface area contributed by atoms with E-state index in [1.807, 2.05) is 55.5 Å². The molecule has 0 saturated carbocycles. The zero-order valence-corrected chi connectivity index (χ0v) is 12.9. The van der Waals surface area contributed by atoms with E-state index in [9.17, 15) is 10.1 Å². The minimum Gasteiger partial charge on any atom is -0.349 e. The van der Waals surface area contributed by atoms with Gasteiger partial charge in [-0.25, -0.2) is 0 Å². The SMILES string of the molecule is Cc1ccc(NC(=O)/C(C#N)=C(\S)Nc2ccccc2)cc1. The van der Waals surface area contributed by atoms with Crippen LogP contribution in [0.2, 0.25) is 0 Å². The third kappa shape index (κ3) is 4.14. The molecule has 5 heteroatoms. The number of hydrogen-bond donors (Lipinski definition) is 3. The smallest absolute Gasteiger partial charge is 0.269 e. The van der Waals surface area contributed by atoms with E-state index in [0.29, 0.717) is 5.69 Å². The third-order valence-electron chi connectivity index (χ3n) is 2.92. The van der Waals surface area contributed by atoms with Crippen LogP contribution in [0.5, 0.6) is 0 Å². The number of carbonyl (C=O) groups is 1. The number of thiol groups is 1. The number of para-hydroxylation sites is 1. The molecule has 0 aliphatic heterocycles. The minimum atomic E-state index is -0.500. The van der Waals surface area contributed by atoms with Gasteiger partial charge < -0.3 is 10.6 Å². The van der Waals surface area contributed by atoms with E-state index in [-0.39, 0.29) is 10.6 Å². The Morgan fingerprint density at radius 2 is 1.59 bits per heavy atom. The summed E-state index contributed by atoms with van der Waals surface area (Å²) in [7, 11) is 0. The van der Waals surface area contributed by atoms with Crippen molar-refractivity contribution in [3.8, 4) is 6.07 Å². The molecule has 0 heterocycles. The monoisotopic (exact) mass is 309 g/mol. The average Bonchev–Trinajstić information content (AvgIpc) is 2.51. The molecule has 0 fully saturated rings. The van der Waals surface area contributed by atoms with Crippen molar-refractivity contribution in [3.05, 3.63) is 70.8 Å². The minimum absolute atomic E-state index is 0.0761. The Balaban J connectivity index is 2.15. The molecular weight excluding hydrogens is 294 g/mol. The van der Waals surface area contributed by atoms with E-state index < -0.39 is 5.91 Å². The second kappa shape index (κ2) is 7.34. The van der Waals surface area contributed by atoms with Crippen LogP contribution in [0.4, 0.5) is 11.4 Å². The van der Waals surface area contributed by atoms with Crippen molar-refractivity contribution >= 4 is 29.9 Å². The molecule has 2 rings (SSSR count). The standard InChI is InChI=1S/C17H15N3OS/c1-12-7-9-14(10-8-12)19-16(21)15(11-18)17(22)20-13-5-3-2-4-6-13/h2-10,20,22H,1H3,(H,19,21)/b17-15-. The van der Waals surface area contributed by atoms with Gasteiger partial charge in [0.2, 0.25) is 0 Å². The van der Waals surface area contributed by atoms with Gasteiger partial charge in [0, 0.05) is 11.4 Å². The number of hydrogen-bond acceptors (Lipinski definition) is 4. The normalized spacial score (nSPS) is 11.1. The first-order valence-electron chi connectivity index (χ1n) is 6.63. The quantitative estimate of drug-likeness (QED) is 0.458. The number of nitrogens with zero attached hydrogens (tertiary/aromatic N) is 1. The molecule has 1 amide bonds. The maximum absolute atomic E-state index is 12.2. The van der Waals surface area contributed by atoms with Crippen molar-refractivity contribution in [1.29, 1.82) is 5.26 Å². The summed E-state index contributed by atoms with van der Waals surface area (Å²) in [6.45, 7) is 1.96. The summed E-state index contributed by atoms with van der Waals surface area (Å²) in [6, 6.07) is 18.4. The zero-order valence-electron chi connectivity index (χ0n) is 12.0. The fraction of sp³-hybridized carbons (Fsp3) is 0.0588. The number of amides is 1. The van der Waals surface area contributed by atoms with Crippen LogP contribution in [0.15, 0.2) is 65.2 Å². The van der Waals surface area contributed by atoms with Gasteiger partial charge in [-0.1, -0.05) is 35.9 Å². The molecule has 4 nitrogen and oxygen atoms in total. The van der Waals surface area contributed by atoms with Gasteiger partial charge in [0.15, 0.2) is 0 Å². The van der Waals surface area contributed by atoms with Crippen LogP contribution < -0.4 is 10.6 Å². The first kappa shape index (κ1) is 15.7. The van der Waals surface area contributed by atoms with Gasteiger partial charge in [-0.3, -0.25) is 4.79 Å². The highest BCUT2D eigenvalue weighted by atomic mass is 32.1. The predicted molar refractivity (Wildman–Crippen MR) is 91.5 cm³/mol. The molecule has 0 aromatic heterocycles. The van der Waals surface area contributed by atoms with Crippen LogP contribution >= 0.6 is 12.6 Å². The molecule has 0 saturated heterocycles. The molecule has 0 aliphatic carbocycles. The van der Waals surface area contributed by atoms with Crippen LogP contribution in [0.1, 0.15) is 5.56 Å². The van der Waals surface area contributed by atoms with Gasteiger partial charge in [0.1, 0.15) is 11.6 Å². The van der Waals surface area contributed by atoms with E-state index in [1.54, 1.807) is 12.1 Å². The first-order chi connectivity index (χ1) is 10.6. The van der Waals surface area contributed by atoms with Crippen LogP contribution in [-0.4, -0.2) is 5.91 Å². The van der Waals surface area contributed by atoms with Crippen molar-refractivity contribution in [3.63, 3.8) is 0 Å². The van der Waals surface area contributed by atoms with Gasteiger partial charge in [0.05, 0.1) is 5.03 Å². The molecule has 0 unspecified atom stereocenters. The largest absolute Gasteiger partial charge is 0.349 e. The van der Waals surface area contributed by atoms with E-state index in [2.05, 4.69) is 23.3 Å². The Hall–Kier alpha value is -2.71. The highest BCUT2D eigenvalue weighted by molar-refractivity contribution is 7.84. The second-order valence-corrected chi connectivity index (χ2v) is 5.09. The van der Waals surface area contributed by atoms with Crippen LogP contribution in [0, 0.1) is 18.3 Å². The molecule has 0 spiro atoms. The fourth-order valence-electron chi connectivity index (χ4n) is 1.76. The maximum atomic E-state index is 12.2. The molecule has 110 valence electrons. The Labute approximate surface area is 134 Å². The lowest BCUT2D eigenvalue weighted by atomic mass is 10.2. The summed E-state index contributed by atoms with van der Waals surface area (Å²) in [5.74, 6) is -0.500. The summed E-state index contributed by atoms with van der Waals surface area (Å²) >= 11 is 4.22. The molecule has 0 aliphatic rings. The lowest BCUT2D eigenvalue weighted by Crippen LogP contribution is -2.16. The van der Waals surface area contributed by atoms with Crippen LogP contribution in [0.25, 0.3) is 0 Å². The highest BCUT2D eigenvalue weighted by Crippen LogP contribution is 2.17. The van der Waals surface area contributed by atoms with E-state index in [0.717, 1.165) is 11.3 Å². The van der Waals surface area contributed by atoms with Gasteiger partial charge in [0.25, 0.3) is 5.91 Å². The molecule has 2 aromatic carbocycles. The summed E-state index contributed by atoms with van der Waals surface area (Å²) in [5, 5.41) is 15.0. The Morgan fingerprint density at radius 1 is 1.00 bits per heavy atom. The van der Waals surface area contributed by atoms with Crippen molar-refractivity contribution < 1.29 is 4.79 Å². The molecular formula is C17H15N3OS. The fourth-order valence-corrected chi connectivity index (χ4v) is 2.04. The first-order valence-corrected chi connectivity index (χ1v) is 7.08. The second-order valence-electron chi connectivity index (χ2n) is 4.65. The topological polar surface area (TPSA) is 64.9 Å².